The summed E-state index contributed by atoms with van der Waals surface area (Å²) in [6.45, 7) is 2.25. The second-order valence-corrected chi connectivity index (χ2v) is 7.63. The van der Waals surface area contributed by atoms with Gasteiger partial charge in [0.05, 0.1) is 5.56 Å². The van der Waals surface area contributed by atoms with Crippen LogP contribution in [0, 0.1) is 6.92 Å². The molecule has 1 aromatic heterocycles. The number of nitrogens with one attached hydrogen (secondary N) is 2. The van der Waals surface area contributed by atoms with Crippen molar-refractivity contribution in [1.82, 2.24) is 5.32 Å². The monoisotopic (exact) mass is 404 g/mol. The van der Waals surface area contributed by atoms with Crippen molar-refractivity contribution in [1.29, 1.82) is 0 Å². The molecule has 0 bridgehead atoms. The number of hydrogen-bond acceptors (Lipinski definition) is 3. The zero-order valence-corrected chi connectivity index (χ0v) is 15.9. The van der Waals surface area contributed by atoms with Crippen LogP contribution in [0.2, 0.25) is 0 Å². The number of halogens is 3. The largest absolute Gasteiger partial charge is 0.416 e. The van der Waals surface area contributed by atoms with E-state index in [1.54, 1.807) is 0 Å². The Labute approximate surface area is 165 Å². The summed E-state index contributed by atoms with van der Waals surface area (Å²) in [5.41, 5.74) is 0.417. The minimum absolute atomic E-state index is 0.237. The van der Waals surface area contributed by atoms with E-state index in [-0.39, 0.29) is 11.6 Å². The molecule has 2 aromatic carbocycles. The van der Waals surface area contributed by atoms with Crippen molar-refractivity contribution in [3.63, 3.8) is 0 Å². The van der Waals surface area contributed by atoms with Crippen LogP contribution in [0.4, 0.5) is 18.9 Å². The van der Waals surface area contributed by atoms with Crippen LogP contribution < -0.4 is 10.6 Å². The zero-order valence-electron chi connectivity index (χ0n) is 15.1. The maximum atomic E-state index is 13.0. The fraction of sp³-hybridized carbons (Fsp3) is 0.190. The van der Waals surface area contributed by atoms with Crippen molar-refractivity contribution in [2.24, 2.45) is 0 Å². The molecule has 1 atom stereocenters. The Morgan fingerprint density at radius 2 is 1.79 bits per heavy atom. The zero-order chi connectivity index (χ0) is 20.1. The number of alkyl halides is 3. The first kappa shape index (κ1) is 19.9. The Morgan fingerprint density at radius 1 is 1.04 bits per heavy atom. The minimum Gasteiger partial charge on any atom is -0.369 e. The first-order valence-electron chi connectivity index (χ1n) is 8.65. The first-order chi connectivity index (χ1) is 13.3. The average molecular weight is 404 g/mol. The lowest BCUT2D eigenvalue weighted by Crippen LogP contribution is -2.32. The van der Waals surface area contributed by atoms with Gasteiger partial charge in [0.1, 0.15) is 6.04 Å². The van der Waals surface area contributed by atoms with E-state index in [2.05, 4.69) is 10.6 Å². The van der Waals surface area contributed by atoms with Crippen LogP contribution in [-0.4, -0.2) is 5.91 Å². The Hall–Kier alpha value is -2.80. The Kier molecular flexibility index (Phi) is 6.04. The summed E-state index contributed by atoms with van der Waals surface area (Å²) in [6.07, 6.45) is -4.44. The van der Waals surface area contributed by atoms with Crippen LogP contribution in [-0.2, 0) is 17.5 Å². The number of carbonyl (C=O) groups excluding carboxylic acids is 1. The summed E-state index contributed by atoms with van der Waals surface area (Å²) in [4.78, 5) is 14.6. The quantitative estimate of drug-likeness (QED) is 0.566. The summed E-state index contributed by atoms with van der Waals surface area (Å²) in [5, 5.41) is 5.81. The lowest BCUT2D eigenvalue weighted by atomic mass is 10.1. The van der Waals surface area contributed by atoms with Crippen LogP contribution in [0.1, 0.15) is 26.9 Å². The van der Waals surface area contributed by atoms with Crippen molar-refractivity contribution in [2.45, 2.75) is 25.7 Å². The summed E-state index contributed by atoms with van der Waals surface area (Å²) >= 11 is 1.43. The Bertz CT molecular complexity index is 938. The van der Waals surface area contributed by atoms with Crippen LogP contribution in [0.3, 0.4) is 0 Å². The van der Waals surface area contributed by atoms with Gasteiger partial charge in [0.15, 0.2) is 0 Å². The van der Waals surface area contributed by atoms with E-state index in [4.69, 9.17) is 0 Å². The van der Waals surface area contributed by atoms with Crippen LogP contribution >= 0.6 is 11.3 Å². The highest BCUT2D eigenvalue weighted by molar-refractivity contribution is 7.12. The van der Waals surface area contributed by atoms with Crippen molar-refractivity contribution in [3.05, 3.63) is 87.6 Å². The van der Waals surface area contributed by atoms with Gasteiger partial charge in [-0.25, -0.2) is 0 Å². The second kappa shape index (κ2) is 8.48. The van der Waals surface area contributed by atoms with E-state index in [1.807, 2.05) is 49.4 Å². The molecular weight excluding hydrogens is 385 g/mol. The number of benzene rings is 2. The molecule has 7 heteroatoms. The molecule has 3 aromatic rings. The van der Waals surface area contributed by atoms with Crippen LogP contribution in [0.15, 0.2) is 66.7 Å². The summed E-state index contributed by atoms with van der Waals surface area (Å²) in [7, 11) is 0. The molecule has 0 radical (unpaired) electrons. The summed E-state index contributed by atoms with van der Waals surface area (Å²) in [6, 6.07) is 17.2. The van der Waals surface area contributed by atoms with Gasteiger partial charge < -0.3 is 10.6 Å². The highest BCUT2D eigenvalue weighted by Gasteiger charge is 2.31. The van der Waals surface area contributed by atoms with Gasteiger partial charge in [0.2, 0.25) is 5.91 Å². The third-order valence-corrected chi connectivity index (χ3v) is 5.18. The van der Waals surface area contributed by atoms with Gasteiger partial charge >= 0.3 is 6.18 Å². The molecule has 1 unspecified atom stereocenters. The van der Waals surface area contributed by atoms with E-state index >= 15 is 0 Å². The average Bonchev–Trinajstić information content (AvgIpc) is 3.10. The third kappa shape index (κ3) is 5.13. The van der Waals surface area contributed by atoms with E-state index in [0.717, 1.165) is 27.5 Å². The molecule has 3 nitrogen and oxygen atoms in total. The normalized spacial score (nSPS) is 12.4. The predicted octanol–water partition coefficient (Wildman–Crippen LogP) is 5.54. The fourth-order valence-electron chi connectivity index (χ4n) is 2.71. The fourth-order valence-corrected chi connectivity index (χ4v) is 3.64. The molecule has 0 saturated heterocycles. The Morgan fingerprint density at radius 3 is 2.43 bits per heavy atom. The van der Waals surface area contributed by atoms with E-state index in [9.17, 15) is 18.0 Å². The van der Waals surface area contributed by atoms with Crippen molar-refractivity contribution in [2.75, 3.05) is 5.32 Å². The molecule has 0 saturated carbocycles. The maximum absolute atomic E-state index is 13.0. The number of hydrogen-bond donors (Lipinski definition) is 2. The van der Waals surface area contributed by atoms with Gasteiger partial charge in [-0.05, 0) is 42.8 Å². The van der Waals surface area contributed by atoms with Crippen molar-refractivity contribution in [3.8, 4) is 0 Å². The highest BCUT2D eigenvalue weighted by Crippen LogP contribution is 2.32. The smallest absolute Gasteiger partial charge is 0.369 e. The van der Waals surface area contributed by atoms with Crippen molar-refractivity contribution >= 4 is 22.9 Å². The van der Waals surface area contributed by atoms with Gasteiger partial charge in [-0.1, -0.05) is 36.4 Å². The van der Waals surface area contributed by atoms with Gasteiger partial charge in [0, 0.05) is 22.0 Å². The standard InChI is InChI=1S/C21H19F3N2OS/c1-14-10-11-18(28-14)19(20(27)25-13-15-6-3-2-4-7-15)26-17-9-5-8-16(12-17)21(22,23)24/h2-12,19,26H,13H2,1H3,(H,25,27). The van der Waals surface area contributed by atoms with Crippen LogP contribution in [0.5, 0.6) is 0 Å². The number of amides is 1. The number of rotatable bonds is 6. The number of carbonyl (C=O) groups is 1. The molecule has 0 aliphatic rings. The van der Waals surface area contributed by atoms with E-state index < -0.39 is 17.8 Å². The maximum Gasteiger partial charge on any atom is 0.416 e. The van der Waals surface area contributed by atoms with Gasteiger partial charge in [-0.15, -0.1) is 11.3 Å². The molecular formula is C21H19F3N2OS. The van der Waals surface area contributed by atoms with Crippen LogP contribution in [0.25, 0.3) is 0 Å². The topological polar surface area (TPSA) is 41.1 Å². The second-order valence-electron chi connectivity index (χ2n) is 6.31. The summed E-state index contributed by atoms with van der Waals surface area (Å²) < 4.78 is 39.0. The lowest BCUT2D eigenvalue weighted by molar-refractivity contribution is -0.137. The van der Waals surface area contributed by atoms with E-state index in [1.165, 1.54) is 23.5 Å². The highest BCUT2D eigenvalue weighted by atomic mass is 32.1. The molecule has 1 heterocycles. The molecule has 28 heavy (non-hydrogen) atoms. The van der Waals surface area contributed by atoms with Gasteiger partial charge in [0.25, 0.3) is 0 Å². The molecule has 146 valence electrons. The molecule has 0 aliphatic heterocycles. The Balaban J connectivity index is 1.80. The van der Waals surface area contributed by atoms with Gasteiger partial charge in [-0.3, -0.25) is 4.79 Å². The van der Waals surface area contributed by atoms with E-state index in [0.29, 0.717) is 6.54 Å². The van der Waals surface area contributed by atoms with Gasteiger partial charge in [-0.2, -0.15) is 13.2 Å². The number of aryl methyl sites for hydroxylation is 1. The molecule has 0 aliphatic carbocycles. The first-order valence-corrected chi connectivity index (χ1v) is 9.46. The van der Waals surface area contributed by atoms with Crippen molar-refractivity contribution < 1.29 is 18.0 Å². The lowest BCUT2D eigenvalue weighted by Gasteiger charge is -2.19. The third-order valence-electron chi connectivity index (χ3n) is 4.12. The summed E-state index contributed by atoms with van der Waals surface area (Å²) in [5.74, 6) is -0.303. The molecule has 0 spiro atoms. The molecule has 2 N–H and O–H groups in total. The molecule has 0 fully saturated rings. The molecule has 3 rings (SSSR count). The minimum atomic E-state index is -4.44. The SMILES string of the molecule is Cc1ccc(C(Nc2cccc(C(F)(F)F)c2)C(=O)NCc2ccccc2)s1. The number of thiophene rings is 1. The molecule has 1 amide bonds. The number of anilines is 1. The predicted molar refractivity (Wildman–Crippen MR) is 105 cm³/mol.